The summed E-state index contributed by atoms with van der Waals surface area (Å²) in [7, 11) is 3.13. The van der Waals surface area contributed by atoms with E-state index in [9.17, 15) is 38.4 Å². The molecule has 288 valence electrons. The zero-order valence-electron chi connectivity index (χ0n) is 31.0. The van der Waals surface area contributed by atoms with Crippen LogP contribution in [0.25, 0.3) is 0 Å². The number of halogens is 3. The standard InChI is InChI=1S/C42H52F3NO7/c1-37-13-10-29(48)20-39(37)16-17-41(32(21-39)36(50)26-6-5-7-28(18-26)42(43,44)45)34(37)11-14-38(2)35(41)12-15-40(38,51)25-46(23-30(49)24-47)22-27-8-9-31(52-3)19-33(27)53-4/h5-9,16-19,21,29-30,34-35,47-49,51H,10-15,20,22-25H2,1-4H3. The molecule has 8 nitrogen and oxygen atoms in total. The van der Waals surface area contributed by atoms with Crippen molar-refractivity contribution in [2.45, 2.75) is 89.3 Å². The Hall–Kier alpha value is -3.22. The monoisotopic (exact) mass is 739 g/mol. The number of Topliss-reactive ketones (excluding diaryl/α,β-unsaturated/α-hetero) is 1. The minimum atomic E-state index is -4.61. The van der Waals surface area contributed by atoms with Gasteiger partial charge in [-0.25, -0.2) is 0 Å². The molecule has 9 atom stereocenters. The molecule has 4 N–H and O–H groups in total. The number of methoxy groups -OCH3 is 2. The average molecular weight is 740 g/mol. The number of allylic oxidation sites excluding steroid dienone is 4. The molecule has 2 bridgehead atoms. The number of aliphatic hydroxyl groups excluding tert-OH is 3. The number of hydrogen-bond donors (Lipinski definition) is 4. The average Bonchev–Trinajstić information content (AvgIpc) is 3.40. The van der Waals surface area contributed by atoms with E-state index in [1.165, 1.54) is 12.1 Å². The third-order valence-corrected chi connectivity index (χ3v) is 14.5. The summed E-state index contributed by atoms with van der Waals surface area (Å²) in [6.07, 6.45) is 4.23. The van der Waals surface area contributed by atoms with Crippen LogP contribution in [0.2, 0.25) is 0 Å². The molecule has 53 heavy (non-hydrogen) atoms. The van der Waals surface area contributed by atoms with Crippen molar-refractivity contribution in [2.24, 2.45) is 33.5 Å². The number of nitrogens with zero attached hydrogens (tertiary/aromatic N) is 1. The van der Waals surface area contributed by atoms with Crippen molar-refractivity contribution in [1.29, 1.82) is 0 Å². The highest BCUT2D eigenvalue weighted by Crippen LogP contribution is 2.78. The maximum absolute atomic E-state index is 14.8. The zero-order chi connectivity index (χ0) is 38.2. The van der Waals surface area contributed by atoms with Gasteiger partial charge in [-0.2, -0.15) is 13.2 Å². The molecule has 2 aromatic carbocycles. The van der Waals surface area contributed by atoms with Crippen molar-refractivity contribution in [3.8, 4) is 11.5 Å². The molecule has 11 heteroatoms. The first-order chi connectivity index (χ1) is 25.0. The Morgan fingerprint density at radius 3 is 2.40 bits per heavy atom. The maximum atomic E-state index is 14.8. The Labute approximate surface area is 309 Å². The molecule has 6 aliphatic rings. The molecule has 0 saturated heterocycles. The summed E-state index contributed by atoms with van der Waals surface area (Å²) in [5.41, 5.74) is -3.39. The van der Waals surface area contributed by atoms with Crippen LogP contribution in [0.15, 0.2) is 66.3 Å². The van der Waals surface area contributed by atoms with Crippen molar-refractivity contribution >= 4 is 5.78 Å². The highest BCUT2D eigenvalue weighted by atomic mass is 19.4. The molecule has 8 rings (SSSR count). The van der Waals surface area contributed by atoms with Gasteiger partial charge in [0.25, 0.3) is 0 Å². The Bertz CT molecular complexity index is 1810. The first kappa shape index (κ1) is 38.1. The molecule has 0 aliphatic heterocycles. The van der Waals surface area contributed by atoms with Crippen molar-refractivity contribution in [2.75, 3.05) is 33.9 Å². The van der Waals surface area contributed by atoms with Crippen LogP contribution in [0.5, 0.6) is 11.5 Å². The van der Waals surface area contributed by atoms with Crippen LogP contribution in [0.1, 0.15) is 80.3 Å². The summed E-state index contributed by atoms with van der Waals surface area (Å²) in [5, 5.41) is 44.5. The van der Waals surface area contributed by atoms with Crippen LogP contribution in [-0.4, -0.2) is 82.8 Å². The van der Waals surface area contributed by atoms with Gasteiger partial charge in [-0.05, 0) is 80.4 Å². The predicted octanol–water partition coefficient (Wildman–Crippen LogP) is 6.35. The Kier molecular flexibility index (Phi) is 9.50. The molecule has 3 saturated carbocycles. The van der Waals surface area contributed by atoms with Gasteiger partial charge in [0.15, 0.2) is 5.78 Å². The number of alkyl halides is 3. The fourth-order valence-corrected chi connectivity index (χ4v) is 11.7. The first-order valence-corrected chi connectivity index (χ1v) is 18.8. The first-order valence-electron chi connectivity index (χ1n) is 18.8. The van der Waals surface area contributed by atoms with Crippen LogP contribution in [0, 0.1) is 33.5 Å². The van der Waals surface area contributed by atoms with Gasteiger partial charge in [0.2, 0.25) is 0 Å². The second kappa shape index (κ2) is 13.2. The Morgan fingerprint density at radius 1 is 0.981 bits per heavy atom. The van der Waals surface area contributed by atoms with Gasteiger partial charge >= 0.3 is 6.18 Å². The van der Waals surface area contributed by atoms with Gasteiger partial charge in [0.1, 0.15) is 11.5 Å². The highest BCUT2D eigenvalue weighted by Gasteiger charge is 2.74. The summed E-state index contributed by atoms with van der Waals surface area (Å²) >= 11 is 0. The lowest BCUT2D eigenvalue weighted by molar-refractivity contribution is -0.177. The minimum absolute atomic E-state index is 0.0206. The summed E-state index contributed by atoms with van der Waals surface area (Å²) in [5.74, 6) is 0.513. The van der Waals surface area contributed by atoms with E-state index in [-0.39, 0.29) is 35.9 Å². The smallest absolute Gasteiger partial charge is 0.416 e. The van der Waals surface area contributed by atoms with Crippen LogP contribution >= 0.6 is 0 Å². The minimum Gasteiger partial charge on any atom is -0.497 e. The summed E-state index contributed by atoms with van der Waals surface area (Å²) in [6, 6.07) is 10.1. The number of aliphatic hydroxyl groups is 4. The van der Waals surface area contributed by atoms with Gasteiger partial charge < -0.3 is 29.9 Å². The summed E-state index contributed by atoms with van der Waals surface area (Å²) in [6.45, 7) is 4.46. The van der Waals surface area contributed by atoms with Crippen LogP contribution in [0.3, 0.4) is 0 Å². The fraction of sp³-hybridized carbons (Fsp3) is 0.595. The molecular formula is C42H52F3NO7. The van der Waals surface area contributed by atoms with Gasteiger partial charge in [-0.15, -0.1) is 0 Å². The second-order valence-corrected chi connectivity index (χ2v) is 16.9. The van der Waals surface area contributed by atoms with Crippen molar-refractivity contribution in [3.05, 3.63) is 83.0 Å². The molecule has 3 fully saturated rings. The van der Waals surface area contributed by atoms with Gasteiger partial charge in [-0.1, -0.05) is 50.3 Å². The van der Waals surface area contributed by atoms with E-state index >= 15 is 0 Å². The number of ketones is 1. The third kappa shape index (κ3) is 5.79. The molecule has 0 heterocycles. The molecule has 0 amide bonds. The summed E-state index contributed by atoms with van der Waals surface area (Å²) < 4.78 is 52.7. The van der Waals surface area contributed by atoms with E-state index < -0.39 is 58.2 Å². The van der Waals surface area contributed by atoms with E-state index in [0.717, 1.165) is 24.1 Å². The lowest BCUT2D eigenvalue weighted by Crippen LogP contribution is -2.67. The van der Waals surface area contributed by atoms with Gasteiger partial charge in [-0.3, -0.25) is 9.69 Å². The quantitative estimate of drug-likeness (QED) is 0.156. The Balaban J connectivity index is 1.30. The van der Waals surface area contributed by atoms with E-state index in [4.69, 9.17) is 9.47 Å². The topological polar surface area (TPSA) is 120 Å². The lowest BCUT2D eigenvalue weighted by Gasteiger charge is -2.71. The largest absolute Gasteiger partial charge is 0.497 e. The second-order valence-electron chi connectivity index (χ2n) is 16.9. The van der Waals surface area contributed by atoms with Crippen LogP contribution in [-0.2, 0) is 12.7 Å². The predicted molar refractivity (Wildman–Crippen MR) is 192 cm³/mol. The van der Waals surface area contributed by atoms with Crippen molar-refractivity contribution in [3.63, 3.8) is 0 Å². The van der Waals surface area contributed by atoms with E-state index in [0.29, 0.717) is 62.1 Å². The number of hydrogen-bond acceptors (Lipinski definition) is 8. The SMILES string of the molecule is COc1ccc(CN(CC(O)CO)CC2(O)CCC3C45C=CC6(C=C4C(=O)c4cccc(C(F)(F)F)c4)CC(O)CCC6(C)C5CCC32C)c(OC)c1. The van der Waals surface area contributed by atoms with Crippen molar-refractivity contribution < 1.29 is 47.9 Å². The number of carbonyl (C=O) groups excluding carboxylic acids is 1. The number of fused-ring (bicyclic) bond motifs is 1. The molecule has 6 aliphatic carbocycles. The Morgan fingerprint density at radius 2 is 1.70 bits per heavy atom. The maximum Gasteiger partial charge on any atom is 0.416 e. The van der Waals surface area contributed by atoms with Crippen LogP contribution in [0.4, 0.5) is 13.2 Å². The number of benzene rings is 2. The molecule has 2 aromatic rings. The van der Waals surface area contributed by atoms with E-state index in [1.807, 2.05) is 23.1 Å². The number of carbonyl (C=O) groups is 1. The normalized spacial score (nSPS) is 36.4. The molecule has 0 radical (unpaired) electrons. The zero-order valence-corrected chi connectivity index (χ0v) is 31.0. The van der Waals surface area contributed by atoms with Crippen LogP contribution < -0.4 is 9.47 Å². The van der Waals surface area contributed by atoms with E-state index in [2.05, 4.69) is 26.0 Å². The van der Waals surface area contributed by atoms with Gasteiger partial charge in [0.05, 0.1) is 44.2 Å². The number of ether oxygens (including phenoxy) is 2. The molecular weight excluding hydrogens is 687 g/mol. The molecule has 9 unspecified atom stereocenters. The number of rotatable bonds is 11. The summed E-state index contributed by atoms with van der Waals surface area (Å²) in [4.78, 5) is 16.7. The van der Waals surface area contributed by atoms with Crippen molar-refractivity contribution in [1.82, 2.24) is 4.90 Å². The fourth-order valence-electron chi connectivity index (χ4n) is 11.7. The van der Waals surface area contributed by atoms with Gasteiger partial charge in [0, 0.05) is 58.6 Å². The highest BCUT2D eigenvalue weighted by molar-refractivity contribution is 6.10. The molecule has 0 aromatic heterocycles. The lowest BCUT2D eigenvalue weighted by atomic mass is 9.32. The van der Waals surface area contributed by atoms with E-state index in [1.54, 1.807) is 20.3 Å². The molecule has 2 spiro atoms. The third-order valence-electron chi connectivity index (χ3n) is 14.5.